The zero-order valence-corrected chi connectivity index (χ0v) is 15.4. The predicted molar refractivity (Wildman–Crippen MR) is 101 cm³/mol. The fourth-order valence-corrected chi connectivity index (χ4v) is 3.12. The number of nitrogens with zero attached hydrogens (tertiary/aromatic N) is 4. The molecule has 4 aromatic rings. The summed E-state index contributed by atoms with van der Waals surface area (Å²) >= 11 is 7.07. The number of hydrogen-bond donors (Lipinski definition) is 1. The third kappa shape index (κ3) is 4.02. The summed E-state index contributed by atoms with van der Waals surface area (Å²) in [6, 6.07) is 10.8. The summed E-state index contributed by atoms with van der Waals surface area (Å²) in [6.07, 6.45) is 3.30. The number of amides is 1. The first-order valence-corrected chi connectivity index (χ1v) is 9.17. The fraction of sp³-hybridized carbons (Fsp3) is 0.0556. The lowest BCUT2D eigenvalue weighted by atomic mass is 10.2. The van der Waals surface area contributed by atoms with Crippen molar-refractivity contribution in [3.63, 3.8) is 0 Å². The molecule has 0 saturated heterocycles. The van der Waals surface area contributed by atoms with Crippen LogP contribution in [0.5, 0.6) is 0 Å². The molecule has 0 aliphatic carbocycles. The summed E-state index contributed by atoms with van der Waals surface area (Å²) in [5, 5.41) is 9.45. The molecule has 0 atom stereocenters. The fourth-order valence-electron chi connectivity index (χ4n) is 2.28. The second kappa shape index (κ2) is 7.65. The first kappa shape index (κ1) is 17.3. The van der Waals surface area contributed by atoms with Gasteiger partial charge in [-0.2, -0.15) is 4.98 Å². The summed E-state index contributed by atoms with van der Waals surface area (Å²) in [6.45, 7) is 0.387. The molecule has 0 fully saturated rings. The first-order valence-electron chi connectivity index (χ1n) is 7.92. The van der Waals surface area contributed by atoms with Crippen LogP contribution in [0.1, 0.15) is 15.4 Å². The molecule has 0 spiro atoms. The number of nitrogens with one attached hydrogen (secondary N) is 1. The lowest BCUT2D eigenvalue weighted by Crippen LogP contribution is -2.22. The van der Waals surface area contributed by atoms with Crippen molar-refractivity contribution in [1.82, 2.24) is 25.4 Å². The van der Waals surface area contributed by atoms with Crippen LogP contribution in [0.15, 0.2) is 58.7 Å². The van der Waals surface area contributed by atoms with E-state index in [-0.39, 0.29) is 11.8 Å². The smallest absolute Gasteiger partial charge is 0.280 e. The highest BCUT2D eigenvalue weighted by molar-refractivity contribution is 7.12. The van der Waals surface area contributed by atoms with Gasteiger partial charge in [-0.3, -0.25) is 9.78 Å². The predicted octanol–water partition coefficient (Wildman–Crippen LogP) is 3.84. The molecule has 0 unspecified atom stereocenters. The van der Waals surface area contributed by atoms with Gasteiger partial charge in [-0.1, -0.05) is 28.9 Å². The van der Waals surface area contributed by atoms with Gasteiger partial charge in [0.1, 0.15) is 5.69 Å². The minimum absolute atomic E-state index is 0.259. The Hall–Kier alpha value is -3.10. The molecule has 3 aromatic heterocycles. The van der Waals surface area contributed by atoms with Crippen molar-refractivity contribution >= 4 is 28.8 Å². The van der Waals surface area contributed by atoms with Crippen LogP contribution in [0.3, 0.4) is 0 Å². The summed E-state index contributed by atoms with van der Waals surface area (Å²) in [4.78, 5) is 24.9. The van der Waals surface area contributed by atoms with Crippen molar-refractivity contribution in [2.45, 2.75) is 6.54 Å². The second-order valence-corrected chi connectivity index (χ2v) is 6.80. The van der Waals surface area contributed by atoms with Gasteiger partial charge in [0.15, 0.2) is 5.01 Å². The monoisotopic (exact) mass is 397 g/mol. The highest BCUT2D eigenvalue weighted by Crippen LogP contribution is 2.23. The molecular weight excluding hydrogens is 386 g/mol. The second-order valence-electron chi connectivity index (χ2n) is 5.51. The van der Waals surface area contributed by atoms with Crippen LogP contribution < -0.4 is 5.32 Å². The topological polar surface area (TPSA) is 93.8 Å². The number of aromatic nitrogens is 4. The van der Waals surface area contributed by atoms with E-state index in [1.807, 2.05) is 12.1 Å². The van der Waals surface area contributed by atoms with Crippen molar-refractivity contribution < 1.29 is 9.32 Å². The van der Waals surface area contributed by atoms with Gasteiger partial charge < -0.3 is 9.84 Å². The molecule has 1 N–H and O–H groups in total. The number of carbonyl (C=O) groups is 1. The zero-order valence-electron chi connectivity index (χ0n) is 13.8. The van der Waals surface area contributed by atoms with Crippen LogP contribution in [-0.2, 0) is 6.54 Å². The number of halogens is 1. The van der Waals surface area contributed by atoms with Crippen LogP contribution in [-0.4, -0.2) is 26.0 Å². The number of hydrogen-bond acceptors (Lipinski definition) is 7. The van der Waals surface area contributed by atoms with Crippen LogP contribution >= 0.6 is 22.9 Å². The van der Waals surface area contributed by atoms with E-state index in [2.05, 4.69) is 25.4 Å². The molecule has 1 aromatic carbocycles. The highest BCUT2D eigenvalue weighted by atomic mass is 35.5. The Balaban J connectivity index is 1.44. The third-order valence-electron chi connectivity index (χ3n) is 3.65. The van der Waals surface area contributed by atoms with E-state index in [4.69, 9.17) is 16.1 Å². The van der Waals surface area contributed by atoms with E-state index in [1.54, 1.807) is 42.0 Å². The van der Waals surface area contributed by atoms with Crippen molar-refractivity contribution in [3.05, 3.63) is 69.8 Å². The molecule has 27 heavy (non-hydrogen) atoms. The van der Waals surface area contributed by atoms with Gasteiger partial charge in [-0.05, 0) is 29.8 Å². The highest BCUT2D eigenvalue weighted by Gasteiger charge is 2.17. The Bertz CT molecular complexity index is 1060. The summed E-state index contributed by atoms with van der Waals surface area (Å²) in [5.74, 6) is 0.430. The summed E-state index contributed by atoms with van der Waals surface area (Å²) in [5.41, 5.74) is 2.20. The van der Waals surface area contributed by atoms with Crippen molar-refractivity contribution in [3.8, 4) is 23.0 Å². The van der Waals surface area contributed by atoms with Gasteiger partial charge in [0.25, 0.3) is 11.8 Å². The molecule has 1 amide bonds. The maximum Gasteiger partial charge on any atom is 0.280 e. The Labute approximate surface area is 163 Å². The first-order chi connectivity index (χ1) is 13.2. The number of carbonyl (C=O) groups excluding carboxylic acids is 1. The minimum atomic E-state index is -0.268. The van der Waals surface area contributed by atoms with Gasteiger partial charge in [0.2, 0.25) is 5.82 Å². The van der Waals surface area contributed by atoms with Gasteiger partial charge >= 0.3 is 0 Å². The van der Waals surface area contributed by atoms with E-state index in [0.29, 0.717) is 28.1 Å². The number of rotatable bonds is 5. The summed E-state index contributed by atoms with van der Waals surface area (Å²) < 4.78 is 5.26. The van der Waals surface area contributed by atoms with Gasteiger partial charge in [-0.25, -0.2) is 4.98 Å². The minimum Gasteiger partial charge on any atom is -0.346 e. The molecule has 9 heteroatoms. The Morgan fingerprint density at radius 1 is 1.11 bits per heavy atom. The molecule has 0 saturated carbocycles. The van der Waals surface area contributed by atoms with Gasteiger partial charge in [-0.15, -0.1) is 11.3 Å². The molecule has 7 nitrogen and oxygen atoms in total. The SMILES string of the molecule is O=C(NCc1ccc(Cl)cc1)c1nc(-c2nc(-c3ccncc3)no2)cs1. The Morgan fingerprint density at radius 3 is 2.67 bits per heavy atom. The lowest BCUT2D eigenvalue weighted by Gasteiger charge is -2.03. The maximum atomic E-state index is 12.3. The average molecular weight is 398 g/mol. The zero-order chi connectivity index (χ0) is 18.6. The number of pyridine rings is 1. The Morgan fingerprint density at radius 2 is 1.89 bits per heavy atom. The summed E-state index contributed by atoms with van der Waals surface area (Å²) in [7, 11) is 0. The molecule has 0 bridgehead atoms. The maximum absolute atomic E-state index is 12.3. The van der Waals surface area contributed by atoms with Crippen LogP contribution in [0.4, 0.5) is 0 Å². The lowest BCUT2D eigenvalue weighted by molar-refractivity contribution is 0.0950. The molecule has 0 radical (unpaired) electrons. The van der Waals surface area contributed by atoms with Crippen LogP contribution in [0.25, 0.3) is 23.0 Å². The van der Waals surface area contributed by atoms with E-state index >= 15 is 0 Å². The van der Waals surface area contributed by atoms with Gasteiger partial charge in [0, 0.05) is 34.9 Å². The average Bonchev–Trinajstić information content (AvgIpc) is 3.37. The van der Waals surface area contributed by atoms with Crippen molar-refractivity contribution in [2.75, 3.05) is 0 Å². The van der Waals surface area contributed by atoms with Crippen molar-refractivity contribution in [1.29, 1.82) is 0 Å². The molecule has 134 valence electrons. The quantitative estimate of drug-likeness (QED) is 0.550. The number of benzene rings is 1. The van der Waals surface area contributed by atoms with Crippen LogP contribution in [0.2, 0.25) is 5.02 Å². The van der Waals surface area contributed by atoms with E-state index in [9.17, 15) is 4.79 Å². The van der Waals surface area contributed by atoms with Crippen LogP contribution in [0, 0.1) is 0 Å². The third-order valence-corrected chi connectivity index (χ3v) is 4.74. The molecule has 0 aliphatic heterocycles. The van der Waals surface area contributed by atoms with E-state index in [1.165, 1.54) is 11.3 Å². The molecule has 0 aliphatic rings. The van der Waals surface area contributed by atoms with Gasteiger partial charge in [0.05, 0.1) is 0 Å². The molecule has 3 heterocycles. The van der Waals surface area contributed by atoms with E-state index in [0.717, 1.165) is 11.1 Å². The molecular formula is C18H12ClN5O2S. The molecule has 4 rings (SSSR count). The Kier molecular flexibility index (Phi) is 4.91. The largest absolute Gasteiger partial charge is 0.346 e. The van der Waals surface area contributed by atoms with Crippen molar-refractivity contribution in [2.24, 2.45) is 0 Å². The number of thiazole rings is 1. The standard InChI is InChI=1S/C18H12ClN5O2S/c19-13-3-1-11(2-4-13)9-21-16(25)18-22-14(10-27-18)17-23-15(24-26-17)12-5-7-20-8-6-12/h1-8,10H,9H2,(H,21,25). The van der Waals surface area contributed by atoms with E-state index < -0.39 is 0 Å². The normalized spacial score (nSPS) is 10.7.